The van der Waals surface area contributed by atoms with Gasteiger partial charge in [-0.2, -0.15) is 0 Å². The van der Waals surface area contributed by atoms with E-state index in [1.165, 1.54) is 0 Å². The van der Waals surface area contributed by atoms with E-state index < -0.39 is 0 Å². The third-order valence-electron chi connectivity index (χ3n) is 3.31. The molecule has 6 heteroatoms. The van der Waals surface area contributed by atoms with Crippen LogP contribution in [0, 0.1) is 0 Å². The molecule has 0 unspecified atom stereocenters. The zero-order valence-electron chi connectivity index (χ0n) is 13.6. The largest absolute Gasteiger partial charge is 0.365 e. The summed E-state index contributed by atoms with van der Waals surface area (Å²) in [7, 11) is 0. The summed E-state index contributed by atoms with van der Waals surface area (Å²) in [6, 6.07) is 0. The Balaban J connectivity index is 2.69. The van der Waals surface area contributed by atoms with Crippen LogP contribution in [0.5, 0.6) is 0 Å². The molecule has 0 spiro atoms. The first-order valence-corrected chi connectivity index (χ1v) is 7.41. The highest BCUT2D eigenvalue weighted by molar-refractivity contribution is 5.76. The van der Waals surface area contributed by atoms with Crippen LogP contribution in [0.2, 0.25) is 0 Å². The molecule has 1 aromatic heterocycles. The number of hydrogen-bond donors (Lipinski definition) is 1. The lowest BCUT2D eigenvalue weighted by molar-refractivity contribution is -0.130. The Hall–Kier alpha value is -1.85. The number of nitrogens with one attached hydrogen (secondary N) is 1. The van der Waals surface area contributed by atoms with E-state index >= 15 is 0 Å². The molecular weight excluding hydrogens is 268 g/mol. The minimum absolute atomic E-state index is 0.0829. The van der Waals surface area contributed by atoms with Gasteiger partial charge in [0.2, 0.25) is 5.91 Å². The lowest BCUT2D eigenvalue weighted by Gasteiger charge is -2.22. The quantitative estimate of drug-likeness (QED) is 0.866. The highest BCUT2D eigenvalue weighted by atomic mass is 16.2. The molecule has 0 saturated heterocycles. The number of hydrogen-bond acceptors (Lipinski definition) is 4. The molecule has 0 aliphatic carbocycles. The average Bonchev–Trinajstić information content (AvgIpc) is 2.40. The van der Waals surface area contributed by atoms with Crippen molar-refractivity contribution < 1.29 is 4.79 Å². The molecule has 1 N–H and O–H groups in total. The first-order chi connectivity index (χ1) is 9.81. The highest BCUT2D eigenvalue weighted by Gasteiger charge is 2.16. The van der Waals surface area contributed by atoms with Crippen molar-refractivity contribution in [2.75, 3.05) is 25.0 Å². The fourth-order valence-corrected chi connectivity index (χ4v) is 2.08. The van der Waals surface area contributed by atoms with E-state index in [9.17, 15) is 9.59 Å². The van der Waals surface area contributed by atoms with E-state index in [2.05, 4.69) is 10.3 Å². The Kier molecular flexibility index (Phi) is 5.93. The first kappa shape index (κ1) is 17.2. The SMILES string of the molecule is CCN(CC)C(=O)CCNc1nccn(C(C)(C)C)c1=O. The number of amides is 1. The molecule has 1 aromatic rings. The number of carbonyl (C=O) groups excluding carboxylic acids is 1. The number of nitrogens with zero attached hydrogens (tertiary/aromatic N) is 3. The summed E-state index contributed by atoms with van der Waals surface area (Å²) in [6.45, 7) is 11.6. The molecule has 0 saturated carbocycles. The van der Waals surface area contributed by atoms with Gasteiger partial charge < -0.3 is 14.8 Å². The molecule has 0 fully saturated rings. The van der Waals surface area contributed by atoms with Crippen LogP contribution >= 0.6 is 0 Å². The number of rotatable bonds is 6. The second kappa shape index (κ2) is 7.24. The molecule has 21 heavy (non-hydrogen) atoms. The maximum Gasteiger partial charge on any atom is 0.293 e. The lowest BCUT2D eigenvalue weighted by atomic mass is 10.1. The maximum absolute atomic E-state index is 12.3. The van der Waals surface area contributed by atoms with Gasteiger partial charge in [0, 0.05) is 44.0 Å². The van der Waals surface area contributed by atoms with Gasteiger partial charge in [0.25, 0.3) is 5.56 Å². The van der Waals surface area contributed by atoms with Gasteiger partial charge in [-0.3, -0.25) is 9.59 Å². The minimum atomic E-state index is -0.298. The van der Waals surface area contributed by atoms with Gasteiger partial charge in [0.15, 0.2) is 5.82 Å². The van der Waals surface area contributed by atoms with Gasteiger partial charge in [0.1, 0.15) is 0 Å². The van der Waals surface area contributed by atoms with E-state index in [1.54, 1.807) is 21.9 Å². The molecule has 1 rings (SSSR count). The van der Waals surface area contributed by atoms with Crippen molar-refractivity contribution in [3.8, 4) is 0 Å². The van der Waals surface area contributed by atoms with Crippen LogP contribution in [0.15, 0.2) is 17.2 Å². The molecule has 118 valence electrons. The predicted octanol–water partition coefficient (Wildman–Crippen LogP) is 1.67. The van der Waals surface area contributed by atoms with Crippen molar-refractivity contribution in [3.63, 3.8) is 0 Å². The fraction of sp³-hybridized carbons (Fsp3) is 0.667. The summed E-state index contributed by atoms with van der Waals surface area (Å²) in [5.74, 6) is 0.374. The second-order valence-electron chi connectivity index (χ2n) is 5.86. The van der Waals surface area contributed by atoms with Crippen molar-refractivity contribution in [3.05, 3.63) is 22.7 Å². The molecule has 0 aliphatic rings. The molecule has 0 atom stereocenters. The lowest BCUT2D eigenvalue weighted by Crippen LogP contribution is -2.36. The van der Waals surface area contributed by atoms with Gasteiger partial charge in [-0.1, -0.05) is 0 Å². The number of aromatic nitrogens is 2. The predicted molar refractivity (Wildman–Crippen MR) is 84.5 cm³/mol. The van der Waals surface area contributed by atoms with Gasteiger partial charge in [-0.25, -0.2) is 4.98 Å². The van der Waals surface area contributed by atoms with Crippen LogP contribution in [0.25, 0.3) is 0 Å². The molecule has 6 nitrogen and oxygen atoms in total. The minimum Gasteiger partial charge on any atom is -0.365 e. The Morgan fingerprint density at radius 1 is 1.33 bits per heavy atom. The van der Waals surface area contributed by atoms with Gasteiger partial charge >= 0.3 is 0 Å². The van der Waals surface area contributed by atoms with Crippen molar-refractivity contribution in [2.24, 2.45) is 0 Å². The third kappa shape index (κ3) is 4.58. The Morgan fingerprint density at radius 2 is 1.95 bits per heavy atom. The summed E-state index contributed by atoms with van der Waals surface area (Å²) in [5, 5.41) is 2.97. The zero-order valence-corrected chi connectivity index (χ0v) is 13.6. The Morgan fingerprint density at radius 3 is 2.48 bits per heavy atom. The average molecular weight is 294 g/mol. The van der Waals surface area contributed by atoms with Crippen LogP contribution in [0.3, 0.4) is 0 Å². The smallest absolute Gasteiger partial charge is 0.293 e. The summed E-state index contributed by atoms with van der Waals surface area (Å²) < 4.78 is 1.63. The Labute approximate surface area is 126 Å². The van der Waals surface area contributed by atoms with Gasteiger partial charge in [-0.15, -0.1) is 0 Å². The molecule has 1 heterocycles. The van der Waals surface area contributed by atoms with Crippen molar-refractivity contribution in [1.82, 2.24) is 14.5 Å². The van der Waals surface area contributed by atoms with Crippen molar-refractivity contribution in [1.29, 1.82) is 0 Å². The normalized spacial score (nSPS) is 11.3. The van der Waals surface area contributed by atoms with E-state index in [4.69, 9.17) is 0 Å². The van der Waals surface area contributed by atoms with Crippen LogP contribution in [-0.2, 0) is 10.3 Å². The van der Waals surface area contributed by atoms with Gasteiger partial charge in [-0.05, 0) is 34.6 Å². The van der Waals surface area contributed by atoms with E-state index in [0.29, 0.717) is 31.9 Å². The van der Waals surface area contributed by atoms with Crippen LogP contribution in [0.4, 0.5) is 5.82 Å². The molecular formula is C15H26N4O2. The number of carbonyl (C=O) groups is 1. The van der Waals surface area contributed by atoms with Crippen molar-refractivity contribution in [2.45, 2.75) is 46.6 Å². The maximum atomic E-state index is 12.3. The highest BCUT2D eigenvalue weighted by Crippen LogP contribution is 2.10. The first-order valence-electron chi connectivity index (χ1n) is 7.41. The summed E-state index contributed by atoms with van der Waals surface area (Å²) >= 11 is 0. The Bertz CT molecular complexity index is 527. The van der Waals surface area contributed by atoms with Crippen LogP contribution in [0.1, 0.15) is 41.0 Å². The van der Waals surface area contributed by atoms with Crippen LogP contribution < -0.4 is 10.9 Å². The van der Waals surface area contributed by atoms with Gasteiger partial charge in [0.05, 0.1) is 0 Å². The van der Waals surface area contributed by atoms with E-state index in [1.807, 2.05) is 34.6 Å². The van der Waals surface area contributed by atoms with Crippen LogP contribution in [-0.4, -0.2) is 40.0 Å². The summed E-state index contributed by atoms with van der Waals surface area (Å²) in [5.41, 5.74) is -0.465. The summed E-state index contributed by atoms with van der Waals surface area (Å²) in [4.78, 5) is 30.0. The van der Waals surface area contributed by atoms with E-state index in [-0.39, 0.29) is 17.0 Å². The fourth-order valence-electron chi connectivity index (χ4n) is 2.08. The third-order valence-corrected chi connectivity index (χ3v) is 3.31. The van der Waals surface area contributed by atoms with E-state index in [0.717, 1.165) is 0 Å². The second-order valence-corrected chi connectivity index (χ2v) is 5.86. The zero-order chi connectivity index (χ0) is 16.0. The monoisotopic (exact) mass is 294 g/mol. The summed E-state index contributed by atoms with van der Waals surface area (Å²) in [6.07, 6.45) is 3.63. The topological polar surface area (TPSA) is 67.2 Å². The van der Waals surface area contributed by atoms with Crippen molar-refractivity contribution >= 4 is 11.7 Å². The molecule has 0 aromatic carbocycles. The molecule has 0 radical (unpaired) electrons. The number of anilines is 1. The molecule has 0 aliphatic heterocycles. The molecule has 0 bridgehead atoms. The standard InChI is InChI=1S/C15H26N4O2/c1-6-18(7-2)12(20)8-9-16-13-14(21)19(11-10-17-13)15(3,4)5/h10-11H,6-9H2,1-5H3,(H,16,17). The molecule has 1 amide bonds.